The normalized spacial score (nSPS) is 14.2. The minimum Gasteiger partial charge on any atom is -0.494 e. The second-order valence-electron chi connectivity index (χ2n) is 7.50. The van der Waals surface area contributed by atoms with Gasteiger partial charge in [-0.1, -0.05) is 12.1 Å². The van der Waals surface area contributed by atoms with Crippen molar-refractivity contribution >= 4 is 11.6 Å². The number of ether oxygens (including phenoxy) is 3. The number of hydrogen-bond donors (Lipinski definition) is 1. The summed E-state index contributed by atoms with van der Waals surface area (Å²) in [6.45, 7) is 7.00. The van der Waals surface area contributed by atoms with Crippen LogP contribution in [0.25, 0.3) is 0 Å². The third-order valence-electron chi connectivity index (χ3n) is 5.10. The monoisotopic (exact) mass is 436 g/mol. The van der Waals surface area contributed by atoms with E-state index < -0.39 is 0 Å². The van der Waals surface area contributed by atoms with Gasteiger partial charge in [-0.3, -0.25) is 9.69 Å². The highest BCUT2D eigenvalue weighted by molar-refractivity contribution is 6.02. The molecule has 0 atom stereocenters. The lowest BCUT2D eigenvalue weighted by Crippen LogP contribution is -2.35. The van der Waals surface area contributed by atoms with Crippen molar-refractivity contribution in [2.45, 2.75) is 20.1 Å². The quantitative estimate of drug-likeness (QED) is 0.538. The van der Waals surface area contributed by atoms with E-state index in [-0.39, 0.29) is 18.3 Å². The van der Waals surface area contributed by atoms with Crippen molar-refractivity contribution in [3.63, 3.8) is 0 Å². The number of carbonyl (C=O) groups excluding carboxylic acids is 1. The van der Waals surface area contributed by atoms with Crippen molar-refractivity contribution in [2.24, 2.45) is 0 Å². The number of nitrogens with zero attached hydrogens (tertiary/aromatic N) is 1. The first-order chi connectivity index (χ1) is 15.7. The van der Waals surface area contributed by atoms with Gasteiger partial charge in [0.15, 0.2) is 5.76 Å². The fourth-order valence-corrected chi connectivity index (χ4v) is 3.49. The van der Waals surface area contributed by atoms with Crippen LogP contribution >= 0.6 is 0 Å². The zero-order valence-electron chi connectivity index (χ0n) is 18.2. The van der Waals surface area contributed by atoms with Gasteiger partial charge in [-0.05, 0) is 61.0 Å². The van der Waals surface area contributed by atoms with Crippen molar-refractivity contribution < 1.29 is 23.4 Å². The van der Waals surface area contributed by atoms with Crippen LogP contribution in [0.1, 0.15) is 28.8 Å². The summed E-state index contributed by atoms with van der Waals surface area (Å²) in [5.74, 6) is 2.03. The van der Waals surface area contributed by atoms with Crippen LogP contribution in [0.15, 0.2) is 65.1 Å². The van der Waals surface area contributed by atoms with Gasteiger partial charge in [-0.2, -0.15) is 0 Å². The summed E-state index contributed by atoms with van der Waals surface area (Å²) in [5.41, 5.74) is 1.89. The fraction of sp³-hybridized carbons (Fsp3) is 0.320. The van der Waals surface area contributed by atoms with E-state index in [0.29, 0.717) is 18.1 Å². The Labute approximate surface area is 187 Å². The van der Waals surface area contributed by atoms with Gasteiger partial charge in [0, 0.05) is 25.3 Å². The first kappa shape index (κ1) is 21.9. The molecule has 168 valence electrons. The summed E-state index contributed by atoms with van der Waals surface area (Å²) >= 11 is 0. The fourth-order valence-electron chi connectivity index (χ4n) is 3.49. The molecular formula is C25H28N2O5. The van der Waals surface area contributed by atoms with Crippen molar-refractivity contribution in [2.75, 3.05) is 38.2 Å². The zero-order valence-corrected chi connectivity index (χ0v) is 18.2. The summed E-state index contributed by atoms with van der Waals surface area (Å²) in [7, 11) is 0. The number of rotatable bonds is 9. The number of morpholine rings is 1. The summed E-state index contributed by atoms with van der Waals surface area (Å²) in [5, 5.41) is 2.91. The number of amides is 1. The molecule has 1 aliphatic heterocycles. The van der Waals surface area contributed by atoms with Gasteiger partial charge < -0.3 is 23.9 Å². The molecule has 0 aliphatic carbocycles. The number of benzene rings is 2. The van der Waals surface area contributed by atoms with E-state index in [2.05, 4.69) is 16.3 Å². The van der Waals surface area contributed by atoms with Crippen LogP contribution in [0, 0.1) is 0 Å². The van der Waals surface area contributed by atoms with Crippen LogP contribution in [0.5, 0.6) is 11.5 Å². The maximum absolute atomic E-state index is 12.6. The van der Waals surface area contributed by atoms with E-state index >= 15 is 0 Å². The van der Waals surface area contributed by atoms with Crippen LogP contribution in [-0.2, 0) is 17.9 Å². The molecule has 2 aromatic carbocycles. The highest BCUT2D eigenvalue weighted by atomic mass is 16.5. The molecule has 0 saturated carbocycles. The van der Waals surface area contributed by atoms with E-state index in [1.165, 1.54) is 0 Å². The molecule has 0 radical (unpaired) electrons. The molecule has 3 aromatic rings. The molecule has 7 nitrogen and oxygen atoms in total. The molecule has 0 unspecified atom stereocenters. The van der Waals surface area contributed by atoms with E-state index in [0.717, 1.165) is 49.8 Å². The SMILES string of the molecule is CCOc1ccc(OCc2ccc(C(=O)Nc3cccc(CN4CCOCC4)c3)o2)cc1. The van der Waals surface area contributed by atoms with Crippen molar-refractivity contribution in [1.29, 1.82) is 0 Å². The summed E-state index contributed by atoms with van der Waals surface area (Å²) < 4.78 is 22.2. The molecule has 7 heteroatoms. The van der Waals surface area contributed by atoms with Gasteiger partial charge in [0.1, 0.15) is 23.9 Å². The Morgan fingerprint density at radius 1 is 1.00 bits per heavy atom. The summed E-state index contributed by atoms with van der Waals surface area (Å²) in [6, 6.07) is 18.7. The molecule has 2 heterocycles. The van der Waals surface area contributed by atoms with Gasteiger partial charge in [0.2, 0.25) is 0 Å². The molecule has 4 rings (SSSR count). The Kier molecular flexibility index (Phi) is 7.42. The lowest BCUT2D eigenvalue weighted by atomic mass is 10.2. The Bertz CT molecular complexity index is 1010. The molecule has 1 aromatic heterocycles. The molecule has 0 bridgehead atoms. The largest absolute Gasteiger partial charge is 0.494 e. The first-order valence-electron chi connectivity index (χ1n) is 10.8. The number of furan rings is 1. The Morgan fingerprint density at radius 3 is 2.50 bits per heavy atom. The first-order valence-corrected chi connectivity index (χ1v) is 10.8. The van der Waals surface area contributed by atoms with Gasteiger partial charge in [0.25, 0.3) is 5.91 Å². The Hall–Kier alpha value is -3.29. The maximum atomic E-state index is 12.6. The van der Waals surface area contributed by atoms with Gasteiger partial charge in [-0.25, -0.2) is 0 Å². The average Bonchev–Trinajstić information content (AvgIpc) is 3.29. The molecule has 1 aliphatic rings. The molecule has 1 amide bonds. The summed E-state index contributed by atoms with van der Waals surface area (Å²) in [6.07, 6.45) is 0. The minimum absolute atomic E-state index is 0.232. The van der Waals surface area contributed by atoms with Crippen LogP contribution in [-0.4, -0.2) is 43.7 Å². The second kappa shape index (κ2) is 10.8. The van der Waals surface area contributed by atoms with Gasteiger partial charge in [-0.15, -0.1) is 0 Å². The highest BCUT2D eigenvalue weighted by Crippen LogP contribution is 2.20. The average molecular weight is 437 g/mol. The molecule has 0 spiro atoms. The Morgan fingerprint density at radius 2 is 1.75 bits per heavy atom. The molecule has 1 N–H and O–H groups in total. The number of nitrogens with one attached hydrogen (secondary N) is 1. The number of carbonyl (C=O) groups is 1. The molecule has 32 heavy (non-hydrogen) atoms. The van der Waals surface area contributed by atoms with Gasteiger partial charge in [0.05, 0.1) is 19.8 Å². The minimum atomic E-state index is -0.291. The standard InChI is InChI=1S/C25H28N2O5/c1-2-30-21-6-8-22(9-7-21)31-18-23-10-11-24(32-23)25(28)26-20-5-3-4-19(16-20)17-27-12-14-29-15-13-27/h3-11,16H,2,12-15,17-18H2,1H3,(H,26,28). The van der Waals surface area contributed by atoms with Crippen LogP contribution in [0.4, 0.5) is 5.69 Å². The van der Waals surface area contributed by atoms with Crippen molar-refractivity contribution in [1.82, 2.24) is 4.90 Å². The van der Waals surface area contributed by atoms with E-state index in [1.54, 1.807) is 12.1 Å². The van der Waals surface area contributed by atoms with Gasteiger partial charge >= 0.3 is 0 Å². The summed E-state index contributed by atoms with van der Waals surface area (Å²) in [4.78, 5) is 15.0. The van der Waals surface area contributed by atoms with E-state index in [9.17, 15) is 4.79 Å². The third-order valence-corrected chi connectivity index (χ3v) is 5.10. The molecular weight excluding hydrogens is 408 g/mol. The predicted molar refractivity (Wildman–Crippen MR) is 121 cm³/mol. The van der Waals surface area contributed by atoms with Crippen LogP contribution in [0.3, 0.4) is 0 Å². The molecule has 1 fully saturated rings. The smallest absolute Gasteiger partial charge is 0.291 e. The predicted octanol–water partition coefficient (Wildman–Crippen LogP) is 4.34. The van der Waals surface area contributed by atoms with Crippen molar-refractivity contribution in [3.05, 3.63) is 77.7 Å². The lowest BCUT2D eigenvalue weighted by molar-refractivity contribution is 0.0342. The topological polar surface area (TPSA) is 73.2 Å². The van der Waals surface area contributed by atoms with Crippen LogP contribution < -0.4 is 14.8 Å². The van der Waals surface area contributed by atoms with Crippen molar-refractivity contribution in [3.8, 4) is 11.5 Å². The van der Waals surface area contributed by atoms with Crippen LogP contribution in [0.2, 0.25) is 0 Å². The molecule has 1 saturated heterocycles. The number of hydrogen-bond acceptors (Lipinski definition) is 6. The number of anilines is 1. The third kappa shape index (κ3) is 6.12. The second-order valence-corrected chi connectivity index (χ2v) is 7.50. The maximum Gasteiger partial charge on any atom is 0.291 e. The highest BCUT2D eigenvalue weighted by Gasteiger charge is 2.14. The van der Waals surface area contributed by atoms with E-state index in [1.807, 2.05) is 49.4 Å². The zero-order chi connectivity index (χ0) is 22.2. The Balaban J connectivity index is 1.30. The lowest BCUT2D eigenvalue weighted by Gasteiger charge is -2.26. The van der Waals surface area contributed by atoms with E-state index in [4.69, 9.17) is 18.6 Å².